The topological polar surface area (TPSA) is 20.2 Å². The quantitative estimate of drug-likeness (QED) is 0.816. The van der Waals surface area contributed by atoms with Gasteiger partial charge < -0.3 is 5.11 Å². The Kier molecular flexibility index (Phi) is 5.07. The second kappa shape index (κ2) is 6.03. The molecule has 1 aromatic rings. The van der Waals surface area contributed by atoms with Crippen LogP contribution in [-0.2, 0) is 18.8 Å². The van der Waals surface area contributed by atoms with E-state index in [2.05, 4.69) is 0 Å². The lowest BCUT2D eigenvalue weighted by Crippen LogP contribution is -2.15. The summed E-state index contributed by atoms with van der Waals surface area (Å²) in [4.78, 5) is 0. The molecule has 0 aliphatic rings. The lowest BCUT2D eigenvalue weighted by molar-refractivity contribution is -0.143. The third-order valence-electron chi connectivity index (χ3n) is 2.74. The van der Waals surface area contributed by atoms with E-state index in [1.165, 1.54) is 0 Å². The van der Waals surface area contributed by atoms with E-state index in [-0.39, 0.29) is 18.1 Å². The van der Waals surface area contributed by atoms with Crippen molar-refractivity contribution in [3.8, 4) is 0 Å². The molecule has 114 valence electrons. The Morgan fingerprint density at radius 3 is 1.75 bits per heavy atom. The normalized spacial score (nSPS) is 14.4. The second-order valence-electron chi connectivity index (χ2n) is 4.56. The van der Waals surface area contributed by atoms with Gasteiger partial charge in [-0.15, -0.1) is 0 Å². The fourth-order valence-corrected chi connectivity index (χ4v) is 1.84. The number of benzene rings is 1. The first kappa shape index (κ1) is 16.8. The molecule has 0 spiro atoms. The molecule has 1 N–H and O–H groups in total. The Morgan fingerprint density at radius 2 is 1.40 bits per heavy atom. The molecule has 0 radical (unpaired) electrons. The number of hydrogen-bond acceptors (Lipinski definition) is 1. The smallest absolute Gasteiger partial charge is 0.393 e. The van der Waals surface area contributed by atoms with E-state index in [1.54, 1.807) is 6.92 Å². The van der Waals surface area contributed by atoms with Crippen molar-refractivity contribution in [1.82, 2.24) is 0 Å². The van der Waals surface area contributed by atoms with Crippen LogP contribution in [0.1, 0.15) is 36.5 Å². The van der Waals surface area contributed by atoms with E-state index < -0.39 is 29.6 Å². The Morgan fingerprint density at radius 1 is 0.950 bits per heavy atom. The Balaban J connectivity index is 3.17. The van der Waals surface area contributed by atoms with Crippen molar-refractivity contribution in [2.45, 2.75) is 44.6 Å². The number of halogens is 6. The summed E-state index contributed by atoms with van der Waals surface area (Å²) in [7, 11) is 0. The van der Waals surface area contributed by atoms with Crippen molar-refractivity contribution in [1.29, 1.82) is 0 Å². The molecule has 0 saturated heterocycles. The molecule has 0 heterocycles. The standard InChI is InChI=1S/C13H14F6O/c1-2-3-11(20)6-8-4-9(12(14,15)16)7-10(5-8)13(17,18)19/h4-5,7,11,20H,2-3,6H2,1H3. The third kappa shape index (κ3) is 4.70. The van der Waals surface area contributed by atoms with E-state index in [0.717, 1.165) is 0 Å². The minimum Gasteiger partial charge on any atom is -0.393 e. The van der Waals surface area contributed by atoms with Crippen LogP contribution in [0.15, 0.2) is 18.2 Å². The van der Waals surface area contributed by atoms with Gasteiger partial charge in [-0.25, -0.2) is 0 Å². The van der Waals surface area contributed by atoms with Crippen LogP contribution in [0.2, 0.25) is 0 Å². The molecule has 1 rings (SSSR count). The average Bonchev–Trinajstić information content (AvgIpc) is 2.26. The van der Waals surface area contributed by atoms with Crippen molar-refractivity contribution in [2.24, 2.45) is 0 Å². The van der Waals surface area contributed by atoms with Gasteiger partial charge in [-0.1, -0.05) is 13.3 Å². The molecule has 0 aliphatic heterocycles. The van der Waals surface area contributed by atoms with E-state index in [1.807, 2.05) is 0 Å². The van der Waals surface area contributed by atoms with Gasteiger partial charge in [0.1, 0.15) is 0 Å². The fourth-order valence-electron chi connectivity index (χ4n) is 1.84. The number of aliphatic hydroxyl groups is 1. The summed E-state index contributed by atoms with van der Waals surface area (Å²) in [5.41, 5.74) is -2.88. The predicted molar refractivity (Wildman–Crippen MR) is 61.1 cm³/mol. The monoisotopic (exact) mass is 300 g/mol. The van der Waals surface area contributed by atoms with Gasteiger partial charge in [0.2, 0.25) is 0 Å². The van der Waals surface area contributed by atoms with Crippen LogP contribution in [0.25, 0.3) is 0 Å². The Hall–Kier alpha value is -1.24. The fraction of sp³-hybridized carbons (Fsp3) is 0.538. The molecule has 0 aliphatic carbocycles. The first-order valence-corrected chi connectivity index (χ1v) is 6.00. The van der Waals surface area contributed by atoms with Crippen LogP contribution in [0.4, 0.5) is 26.3 Å². The second-order valence-corrected chi connectivity index (χ2v) is 4.56. The maximum atomic E-state index is 12.6. The third-order valence-corrected chi connectivity index (χ3v) is 2.74. The highest BCUT2D eigenvalue weighted by Crippen LogP contribution is 2.36. The number of rotatable bonds is 4. The minimum atomic E-state index is -4.86. The molecule has 0 bridgehead atoms. The van der Waals surface area contributed by atoms with Crippen LogP contribution < -0.4 is 0 Å². The van der Waals surface area contributed by atoms with Gasteiger partial charge in [-0.3, -0.25) is 0 Å². The van der Waals surface area contributed by atoms with Crippen molar-refractivity contribution in [3.63, 3.8) is 0 Å². The van der Waals surface area contributed by atoms with Crippen molar-refractivity contribution >= 4 is 0 Å². The summed E-state index contributed by atoms with van der Waals surface area (Å²) in [5, 5.41) is 9.53. The molecule has 20 heavy (non-hydrogen) atoms. The summed E-state index contributed by atoms with van der Waals surface area (Å²) >= 11 is 0. The summed E-state index contributed by atoms with van der Waals surface area (Å²) in [6.07, 6.45) is -9.99. The lowest BCUT2D eigenvalue weighted by Gasteiger charge is -2.16. The van der Waals surface area contributed by atoms with Crippen molar-refractivity contribution in [2.75, 3.05) is 0 Å². The van der Waals surface area contributed by atoms with Gasteiger partial charge in [0, 0.05) is 0 Å². The van der Waals surface area contributed by atoms with Gasteiger partial charge >= 0.3 is 12.4 Å². The largest absolute Gasteiger partial charge is 0.416 e. The molecule has 1 unspecified atom stereocenters. The van der Waals surface area contributed by atoms with Gasteiger partial charge in [0.15, 0.2) is 0 Å². The van der Waals surface area contributed by atoms with Crippen LogP contribution in [0.3, 0.4) is 0 Å². The van der Waals surface area contributed by atoms with E-state index in [0.29, 0.717) is 25.0 Å². The van der Waals surface area contributed by atoms with Gasteiger partial charge in [-0.2, -0.15) is 26.3 Å². The molecule has 0 amide bonds. The molecule has 1 nitrogen and oxygen atoms in total. The summed E-state index contributed by atoms with van der Waals surface area (Å²) in [6.45, 7) is 1.76. The van der Waals surface area contributed by atoms with Crippen molar-refractivity contribution in [3.05, 3.63) is 34.9 Å². The lowest BCUT2D eigenvalue weighted by atomic mass is 9.99. The highest BCUT2D eigenvalue weighted by Gasteiger charge is 2.36. The molecule has 7 heteroatoms. The highest BCUT2D eigenvalue weighted by molar-refractivity contribution is 5.34. The van der Waals surface area contributed by atoms with E-state index >= 15 is 0 Å². The molecule has 1 atom stereocenters. The SMILES string of the molecule is CCCC(O)Cc1cc(C(F)(F)F)cc(C(F)(F)F)c1. The highest BCUT2D eigenvalue weighted by atomic mass is 19.4. The number of alkyl halides is 6. The molecular formula is C13H14F6O. The maximum absolute atomic E-state index is 12.6. The van der Waals surface area contributed by atoms with Crippen LogP contribution >= 0.6 is 0 Å². The first-order chi connectivity index (χ1) is 9.04. The van der Waals surface area contributed by atoms with E-state index in [9.17, 15) is 31.4 Å². The minimum absolute atomic E-state index is 0.0791. The average molecular weight is 300 g/mol. The Bertz CT molecular complexity index is 417. The summed E-state index contributed by atoms with van der Waals surface area (Å²) < 4.78 is 75.6. The van der Waals surface area contributed by atoms with Gasteiger partial charge in [-0.05, 0) is 36.6 Å². The van der Waals surface area contributed by atoms with E-state index in [4.69, 9.17) is 0 Å². The summed E-state index contributed by atoms with van der Waals surface area (Å²) in [6, 6.07) is 1.37. The molecular weight excluding hydrogens is 286 g/mol. The zero-order valence-corrected chi connectivity index (χ0v) is 10.6. The maximum Gasteiger partial charge on any atom is 0.416 e. The molecule has 1 aromatic carbocycles. The van der Waals surface area contributed by atoms with Crippen LogP contribution in [0, 0.1) is 0 Å². The zero-order chi connectivity index (χ0) is 15.6. The number of aliphatic hydroxyl groups excluding tert-OH is 1. The van der Waals surface area contributed by atoms with Gasteiger partial charge in [0.05, 0.1) is 17.2 Å². The first-order valence-electron chi connectivity index (χ1n) is 6.00. The van der Waals surface area contributed by atoms with Gasteiger partial charge in [0.25, 0.3) is 0 Å². The predicted octanol–water partition coefficient (Wildman–Crippen LogP) is 4.43. The summed E-state index contributed by atoms with van der Waals surface area (Å²) in [5.74, 6) is 0. The zero-order valence-electron chi connectivity index (χ0n) is 10.6. The number of hydrogen-bond donors (Lipinski definition) is 1. The molecule has 0 fully saturated rings. The Labute approximate surface area is 112 Å². The molecule has 0 aromatic heterocycles. The van der Waals surface area contributed by atoms with Crippen LogP contribution in [-0.4, -0.2) is 11.2 Å². The van der Waals surface area contributed by atoms with Crippen molar-refractivity contribution < 1.29 is 31.4 Å². The molecule has 0 saturated carbocycles. The van der Waals surface area contributed by atoms with Crippen LogP contribution in [0.5, 0.6) is 0 Å².